The molecule has 1 aromatic heterocycles. The molecule has 0 aliphatic rings. The summed E-state index contributed by atoms with van der Waals surface area (Å²) in [6.07, 6.45) is 2.88. The van der Waals surface area contributed by atoms with Gasteiger partial charge in [0.1, 0.15) is 0 Å². The maximum atomic E-state index is 12.0. The monoisotopic (exact) mass is 315 g/mol. The molecule has 0 aliphatic carbocycles. The van der Waals surface area contributed by atoms with E-state index in [1.54, 1.807) is 18.2 Å². The number of aromatic nitrogens is 2. The molecule has 0 atom stereocenters. The molecule has 0 amide bonds. The van der Waals surface area contributed by atoms with Crippen LogP contribution in [0.2, 0.25) is 0 Å². The number of rotatable bonds is 3. The minimum Gasteiger partial charge on any atom is -0.284 e. The standard InChI is InChI=1S/C10H10BrN3O2S/c1-7-4-9(2-3-10(7)11)17(15,16)14-8-5-12-13-6-8/h2-6,14H,1H3,(H,12,13). The zero-order valence-corrected chi connectivity index (χ0v) is 11.3. The molecule has 2 rings (SSSR count). The summed E-state index contributed by atoms with van der Waals surface area (Å²) in [5.41, 5.74) is 1.27. The summed E-state index contributed by atoms with van der Waals surface area (Å²) in [5.74, 6) is 0. The van der Waals surface area contributed by atoms with Gasteiger partial charge in [0.15, 0.2) is 0 Å². The van der Waals surface area contributed by atoms with Gasteiger partial charge in [-0.2, -0.15) is 5.10 Å². The van der Waals surface area contributed by atoms with E-state index in [4.69, 9.17) is 0 Å². The number of benzene rings is 1. The summed E-state index contributed by atoms with van der Waals surface area (Å²) in [4.78, 5) is 0.222. The highest BCUT2D eigenvalue weighted by Gasteiger charge is 2.15. The number of hydrogen-bond acceptors (Lipinski definition) is 3. The molecule has 90 valence electrons. The lowest BCUT2D eigenvalue weighted by Gasteiger charge is -2.07. The van der Waals surface area contributed by atoms with Crippen LogP contribution in [-0.2, 0) is 10.0 Å². The molecule has 0 unspecified atom stereocenters. The van der Waals surface area contributed by atoms with Gasteiger partial charge in [-0.1, -0.05) is 15.9 Å². The largest absolute Gasteiger partial charge is 0.284 e. The van der Waals surface area contributed by atoms with Crippen LogP contribution in [0, 0.1) is 6.92 Å². The summed E-state index contributed by atoms with van der Waals surface area (Å²) in [6, 6.07) is 4.85. The fourth-order valence-electron chi connectivity index (χ4n) is 1.31. The fraction of sp³-hybridized carbons (Fsp3) is 0.100. The third-order valence-corrected chi connectivity index (χ3v) is 4.46. The van der Waals surface area contributed by atoms with Gasteiger partial charge in [0, 0.05) is 10.7 Å². The molecule has 7 heteroatoms. The first-order chi connectivity index (χ1) is 7.99. The highest BCUT2D eigenvalue weighted by Crippen LogP contribution is 2.21. The molecular formula is C10H10BrN3O2S. The average molecular weight is 316 g/mol. The van der Waals surface area contributed by atoms with Crippen LogP contribution in [-0.4, -0.2) is 18.6 Å². The second-order valence-corrected chi connectivity index (χ2v) is 6.04. The molecule has 1 aromatic carbocycles. The second kappa shape index (κ2) is 4.50. The maximum Gasteiger partial charge on any atom is 0.262 e. The van der Waals surface area contributed by atoms with Crippen LogP contribution in [0.15, 0.2) is 40.0 Å². The molecule has 0 spiro atoms. The quantitative estimate of drug-likeness (QED) is 0.912. The molecule has 0 fully saturated rings. The van der Waals surface area contributed by atoms with E-state index in [1.807, 2.05) is 6.92 Å². The first-order valence-corrected chi connectivity index (χ1v) is 7.04. The third kappa shape index (κ3) is 2.67. The number of aryl methyl sites for hydroxylation is 1. The lowest BCUT2D eigenvalue weighted by atomic mass is 10.2. The van der Waals surface area contributed by atoms with Gasteiger partial charge in [-0.25, -0.2) is 8.42 Å². The topological polar surface area (TPSA) is 74.8 Å². The van der Waals surface area contributed by atoms with Gasteiger partial charge in [0.25, 0.3) is 10.0 Å². The van der Waals surface area contributed by atoms with E-state index in [0.717, 1.165) is 10.0 Å². The molecule has 2 aromatic rings. The number of anilines is 1. The molecule has 0 radical (unpaired) electrons. The Balaban J connectivity index is 2.35. The van der Waals surface area contributed by atoms with Crippen molar-refractivity contribution in [2.75, 3.05) is 4.72 Å². The van der Waals surface area contributed by atoms with Crippen LogP contribution in [0.1, 0.15) is 5.56 Å². The molecule has 2 N–H and O–H groups in total. The van der Waals surface area contributed by atoms with Crippen LogP contribution in [0.4, 0.5) is 5.69 Å². The van der Waals surface area contributed by atoms with Gasteiger partial charge in [-0.3, -0.25) is 9.82 Å². The van der Waals surface area contributed by atoms with E-state index in [1.165, 1.54) is 12.4 Å². The third-order valence-electron chi connectivity index (χ3n) is 2.19. The van der Waals surface area contributed by atoms with Crippen LogP contribution < -0.4 is 4.72 Å². The van der Waals surface area contributed by atoms with E-state index < -0.39 is 10.0 Å². The predicted molar refractivity (Wildman–Crippen MR) is 68.3 cm³/mol. The van der Waals surface area contributed by atoms with Crippen molar-refractivity contribution >= 4 is 31.6 Å². The zero-order chi connectivity index (χ0) is 12.5. The van der Waals surface area contributed by atoms with Crippen molar-refractivity contribution in [1.82, 2.24) is 10.2 Å². The van der Waals surface area contributed by atoms with Gasteiger partial charge in [-0.05, 0) is 30.7 Å². The van der Waals surface area contributed by atoms with Crippen LogP contribution >= 0.6 is 15.9 Å². The van der Waals surface area contributed by atoms with Gasteiger partial charge in [-0.15, -0.1) is 0 Å². The van der Waals surface area contributed by atoms with E-state index in [2.05, 4.69) is 30.8 Å². The van der Waals surface area contributed by atoms with Gasteiger partial charge >= 0.3 is 0 Å². The maximum absolute atomic E-state index is 12.0. The molecule has 5 nitrogen and oxygen atoms in total. The van der Waals surface area contributed by atoms with E-state index in [9.17, 15) is 8.42 Å². The van der Waals surface area contributed by atoms with Crippen LogP contribution in [0.3, 0.4) is 0 Å². The van der Waals surface area contributed by atoms with Crippen molar-refractivity contribution in [2.24, 2.45) is 0 Å². The number of nitrogens with one attached hydrogen (secondary N) is 2. The molecule has 17 heavy (non-hydrogen) atoms. The summed E-state index contributed by atoms with van der Waals surface area (Å²) < 4.78 is 27.3. The average Bonchev–Trinajstić information content (AvgIpc) is 2.73. The Morgan fingerprint density at radius 2 is 2.18 bits per heavy atom. The van der Waals surface area contributed by atoms with Crippen molar-refractivity contribution in [3.05, 3.63) is 40.6 Å². The highest BCUT2D eigenvalue weighted by atomic mass is 79.9. The zero-order valence-electron chi connectivity index (χ0n) is 8.94. The van der Waals surface area contributed by atoms with Crippen molar-refractivity contribution in [2.45, 2.75) is 11.8 Å². The molecule has 0 saturated heterocycles. The Morgan fingerprint density at radius 3 is 2.76 bits per heavy atom. The Bertz CT molecular complexity index is 623. The second-order valence-electron chi connectivity index (χ2n) is 3.50. The number of nitrogens with zero attached hydrogens (tertiary/aromatic N) is 1. The predicted octanol–water partition coefficient (Wildman–Crippen LogP) is 2.28. The minimum absolute atomic E-state index is 0.222. The van der Waals surface area contributed by atoms with Gasteiger partial charge in [0.2, 0.25) is 0 Å². The van der Waals surface area contributed by atoms with E-state index >= 15 is 0 Å². The fourth-order valence-corrected chi connectivity index (χ4v) is 2.67. The Labute approximate surface area is 107 Å². The Hall–Kier alpha value is -1.34. The van der Waals surface area contributed by atoms with E-state index in [0.29, 0.717) is 5.69 Å². The number of halogens is 1. The Morgan fingerprint density at radius 1 is 1.41 bits per heavy atom. The molecule has 0 saturated carbocycles. The highest BCUT2D eigenvalue weighted by molar-refractivity contribution is 9.10. The van der Waals surface area contributed by atoms with Crippen molar-refractivity contribution in [1.29, 1.82) is 0 Å². The number of sulfonamides is 1. The lowest BCUT2D eigenvalue weighted by Crippen LogP contribution is -2.12. The van der Waals surface area contributed by atoms with Gasteiger partial charge in [0.05, 0.1) is 16.8 Å². The number of aromatic amines is 1. The van der Waals surface area contributed by atoms with E-state index in [-0.39, 0.29) is 4.90 Å². The van der Waals surface area contributed by atoms with Crippen molar-refractivity contribution < 1.29 is 8.42 Å². The summed E-state index contributed by atoms with van der Waals surface area (Å²) in [7, 11) is -3.55. The lowest BCUT2D eigenvalue weighted by molar-refractivity contribution is 0.601. The first kappa shape index (κ1) is 12.1. The first-order valence-electron chi connectivity index (χ1n) is 4.77. The molecule has 0 bridgehead atoms. The number of H-pyrrole nitrogens is 1. The van der Waals surface area contributed by atoms with Crippen LogP contribution in [0.5, 0.6) is 0 Å². The summed E-state index contributed by atoms with van der Waals surface area (Å²) in [5, 5.41) is 6.21. The van der Waals surface area contributed by atoms with Crippen molar-refractivity contribution in [3.63, 3.8) is 0 Å². The summed E-state index contributed by atoms with van der Waals surface area (Å²) in [6.45, 7) is 1.83. The van der Waals surface area contributed by atoms with Crippen molar-refractivity contribution in [3.8, 4) is 0 Å². The molecule has 1 heterocycles. The molecule has 0 aliphatic heterocycles. The van der Waals surface area contributed by atoms with Crippen LogP contribution in [0.25, 0.3) is 0 Å². The Kier molecular flexibility index (Phi) is 3.21. The normalized spacial score (nSPS) is 11.4. The molecular weight excluding hydrogens is 306 g/mol. The smallest absolute Gasteiger partial charge is 0.262 e. The summed E-state index contributed by atoms with van der Waals surface area (Å²) >= 11 is 3.33. The van der Waals surface area contributed by atoms with Gasteiger partial charge < -0.3 is 0 Å². The SMILES string of the molecule is Cc1cc(S(=O)(=O)Nc2cn[nH]c2)ccc1Br. The number of hydrogen-bond donors (Lipinski definition) is 2. The minimum atomic E-state index is -3.55.